The Labute approximate surface area is 106 Å². The van der Waals surface area contributed by atoms with Crippen LogP contribution in [0.25, 0.3) is 0 Å². The van der Waals surface area contributed by atoms with Gasteiger partial charge in [0.25, 0.3) is 0 Å². The number of nitrogens with zero attached hydrogens (tertiary/aromatic N) is 1. The second-order valence-corrected chi connectivity index (χ2v) is 5.97. The van der Waals surface area contributed by atoms with Gasteiger partial charge < -0.3 is 10.0 Å². The van der Waals surface area contributed by atoms with Gasteiger partial charge in [-0.15, -0.1) is 11.3 Å². The van der Waals surface area contributed by atoms with Crippen molar-refractivity contribution in [2.45, 2.75) is 31.8 Å². The minimum Gasteiger partial charge on any atom is -0.389 e. The molecule has 0 saturated carbocycles. The molecule has 1 atom stereocenters. The molecule has 0 amide bonds. The number of thiophene rings is 1. The summed E-state index contributed by atoms with van der Waals surface area (Å²) in [4.78, 5) is 14.8. The summed E-state index contributed by atoms with van der Waals surface area (Å²) >= 11 is 1.51. The lowest BCUT2D eigenvalue weighted by Gasteiger charge is -2.18. The molecule has 0 spiro atoms. The normalized spacial score (nSPS) is 25.3. The van der Waals surface area contributed by atoms with Crippen molar-refractivity contribution in [3.8, 4) is 0 Å². The van der Waals surface area contributed by atoms with Crippen LogP contribution in [-0.4, -0.2) is 41.0 Å². The molecule has 1 aromatic rings. The highest BCUT2D eigenvalue weighted by atomic mass is 32.1. The molecule has 2 rings (SSSR count). The Hall–Kier alpha value is -0.710. The van der Waals surface area contributed by atoms with E-state index < -0.39 is 5.60 Å². The van der Waals surface area contributed by atoms with Crippen LogP contribution in [0, 0.1) is 0 Å². The molecule has 0 aromatic carbocycles. The molecule has 17 heavy (non-hydrogen) atoms. The van der Waals surface area contributed by atoms with Crippen LogP contribution >= 0.6 is 11.3 Å². The van der Waals surface area contributed by atoms with Gasteiger partial charge in [-0.1, -0.05) is 6.07 Å². The summed E-state index contributed by atoms with van der Waals surface area (Å²) in [6.45, 7) is 4.47. The van der Waals surface area contributed by atoms with E-state index in [9.17, 15) is 9.90 Å². The summed E-state index contributed by atoms with van der Waals surface area (Å²) in [7, 11) is 0. The fourth-order valence-electron chi connectivity index (χ4n) is 2.25. The largest absolute Gasteiger partial charge is 0.389 e. The molecular formula is C13H19NO2S. The molecule has 3 nitrogen and oxygen atoms in total. The number of ketones is 1. The molecule has 1 unspecified atom stereocenters. The molecule has 2 heterocycles. The fraction of sp³-hybridized carbons (Fsp3) is 0.615. The van der Waals surface area contributed by atoms with E-state index in [1.165, 1.54) is 11.3 Å². The van der Waals surface area contributed by atoms with Crippen molar-refractivity contribution in [2.75, 3.05) is 19.6 Å². The minimum atomic E-state index is -0.530. The topological polar surface area (TPSA) is 40.5 Å². The summed E-state index contributed by atoms with van der Waals surface area (Å²) in [5, 5.41) is 11.8. The third kappa shape index (κ3) is 3.63. The lowest BCUT2D eigenvalue weighted by molar-refractivity contribution is 0.0685. The van der Waals surface area contributed by atoms with E-state index >= 15 is 0 Å². The second-order valence-electron chi connectivity index (χ2n) is 5.03. The van der Waals surface area contributed by atoms with Crippen LogP contribution in [0.2, 0.25) is 0 Å². The molecule has 1 fully saturated rings. The van der Waals surface area contributed by atoms with Crippen LogP contribution in [0.15, 0.2) is 17.5 Å². The number of hydrogen-bond donors (Lipinski definition) is 1. The molecule has 1 N–H and O–H groups in total. The Kier molecular flexibility index (Phi) is 3.97. The van der Waals surface area contributed by atoms with Gasteiger partial charge >= 0.3 is 0 Å². The van der Waals surface area contributed by atoms with Crippen LogP contribution in [0.4, 0.5) is 0 Å². The van der Waals surface area contributed by atoms with Gasteiger partial charge in [0.05, 0.1) is 10.5 Å². The van der Waals surface area contributed by atoms with E-state index in [1.807, 2.05) is 24.4 Å². The first-order valence-electron chi connectivity index (χ1n) is 6.08. The van der Waals surface area contributed by atoms with Crippen LogP contribution in [-0.2, 0) is 0 Å². The lowest BCUT2D eigenvalue weighted by Crippen LogP contribution is -2.30. The van der Waals surface area contributed by atoms with Crippen LogP contribution in [0.5, 0.6) is 0 Å². The highest BCUT2D eigenvalue weighted by Crippen LogP contribution is 2.20. The number of aliphatic hydroxyl groups is 1. The van der Waals surface area contributed by atoms with E-state index in [2.05, 4.69) is 4.90 Å². The number of likely N-dealkylation sites (tertiary alicyclic amines) is 1. The monoisotopic (exact) mass is 253 g/mol. The number of rotatable bonds is 5. The summed E-state index contributed by atoms with van der Waals surface area (Å²) < 4.78 is 0. The smallest absolute Gasteiger partial charge is 0.172 e. The summed E-state index contributed by atoms with van der Waals surface area (Å²) in [5.74, 6) is 0.242. The van der Waals surface area contributed by atoms with Gasteiger partial charge in [0.15, 0.2) is 5.78 Å². The first-order valence-corrected chi connectivity index (χ1v) is 6.96. The van der Waals surface area contributed by atoms with Gasteiger partial charge in [-0.3, -0.25) is 4.79 Å². The van der Waals surface area contributed by atoms with Gasteiger partial charge in [0.1, 0.15) is 0 Å². The standard InChI is InChI=1S/C13H19NO2S/c1-13(16)6-8-14(10-13)7-2-4-11(15)12-5-3-9-17-12/h3,5,9,16H,2,4,6-8,10H2,1H3. The maximum absolute atomic E-state index is 11.7. The second kappa shape index (κ2) is 5.29. The van der Waals surface area contributed by atoms with Crippen LogP contribution < -0.4 is 0 Å². The number of Topliss-reactive ketones (excluding diaryl/α,β-unsaturated/α-hetero) is 1. The van der Waals surface area contributed by atoms with Crippen molar-refractivity contribution in [1.29, 1.82) is 0 Å². The molecule has 1 saturated heterocycles. The molecule has 1 aliphatic rings. The number of carbonyl (C=O) groups is 1. The zero-order valence-corrected chi connectivity index (χ0v) is 11.0. The zero-order valence-electron chi connectivity index (χ0n) is 10.2. The average Bonchev–Trinajstić information content (AvgIpc) is 2.87. The predicted octanol–water partition coefficient (Wildman–Crippen LogP) is 2.17. The third-order valence-corrected chi connectivity index (χ3v) is 4.12. The van der Waals surface area contributed by atoms with Crippen molar-refractivity contribution in [2.24, 2.45) is 0 Å². The number of β-amino-alcohol motifs (C(OH)–C–C–N with tert-alkyl or cyclic N) is 1. The van der Waals surface area contributed by atoms with Crippen LogP contribution in [0.1, 0.15) is 35.9 Å². The van der Waals surface area contributed by atoms with Crippen molar-refractivity contribution >= 4 is 17.1 Å². The number of carbonyl (C=O) groups excluding carboxylic acids is 1. The van der Waals surface area contributed by atoms with Gasteiger partial charge in [0.2, 0.25) is 0 Å². The maximum Gasteiger partial charge on any atom is 0.172 e. The van der Waals surface area contributed by atoms with Crippen molar-refractivity contribution in [1.82, 2.24) is 4.90 Å². The highest BCUT2D eigenvalue weighted by Gasteiger charge is 2.30. The van der Waals surface area contributed by atoms with E-state index in [-0.39, 0.29) is 5.78 Å². The SMILES string of the molecule is CC1(O)CCN(CCCC(=O)c2cccs2)C1. The van der Waals surface area contributed by atoms with Gasteiger partial charge in [0, 0.05) is 19.5 Å². The minimum absolute atomic E-state index is 0.242. The average molecular weight is 253 g/mol. The lowest BCUT2D eigenvalue weighted by atomic mass is 10.1. The maximum atomic E-state index is 11.7. The van der Waals surface area contributed by atoms with E-state index in [0.717, 1.165) is 37.4 Å². The van der Waals surface area contributed by atoms with Crippen molar-refractivity contribution in [3.05, 3.63) is 22.4 Å². The van der Waals surface area contributed by atoms with Gasteiger partial charge in [-0.25, -0.2) is 0 Å². The van der Waals surface area contributed by atoms with Crippen molar-refractivity contribution < 1.29 is 9.90 Å². The van der Waals surface area contributed by atoms with Crippen LogP contribution in [0.3, 0.4) is 0 Å². The zero-order chi connectivity index (χ0) is 12.3. The Morgan fingerprint density at radius 3 is 3.06 bits per heavy atom. The van der Waals surface area contributed by atoms with Gasteiger partial charge in [-0.05, 0) is 37.8 Å². The Bertz CT molecular complexity index is 373. The van der Waals surface area contributed by atoms with E-state index in [0.29, 0.717) is 6.42 Å². The van der Waals surface area contributed by atoms with Crippen molar-refractivity contribution in [3.63, 3.8) is 0 Å². The predicted molar refractivity (Wildman–Crippen MR) is 69.6 cm³/mol. The summed E-state index contributed by atoms with van der Waals surface area (Å²) in [5.41, 5.74) is -0.530. The molecule has 1 aromatic heterocycles. The van der Waals surface area contributed by atoms with E-state index in [4.69, 9.17) is 0 Å². The Balaban J connectivity index is 1.69. The first kappa shape index (κ1) is 12.7. The Morgan fingerprint density at radius 1 is 1.65 bits per heavy atom. The fourth-order valence-corrected chi connectivity index (χ4v) is 2.95. The summed E-state index contributed by atoms with van der Waals surface area (Å²) in [6, 6.07) is 3.79. The molecule has 94 valence electrons. The Morgan fingerprint density at radius 2 is 2.47 bits per heavy atom. The number of hydrogen-bond acceptors (Lipinski definition) is 4. The first-order chi connectivity index (χ1) is 8.07. The summed E-state index contributed by atoms with van der Waals surface area (Å²) in [6.07, 6.45) is 2.33. The van der Waals surface area contributed by atoms with Gasteiger partial charge in [-0.2, -0.15) is 0 Å². The molecule has 0 radical (unpaired) electrons. The molecule has 0 bridgehead atoms. The van der Waals surface area contributed by atoms with E-state index in [1.54, 1.807) is 0 Å². The molecule has 0 aliphatic carbocycles. The quantitative estimate of drug-likeness (QED) is 0.818. The third-order valence-electron chi connectivity index (χ3n) is 3.21. The highest BCUT2D eigenvalue weighted by molar-refractivity contribution is 7.12. The molecular weight excluding hydrogens is 234 g/mol. The molecule has 1 aliphatic heterocycles. The molecule has 4 heteroatoms.